The van der Waals surface area contributed by atoms with Crippen LogP contribution in [0.1, 0.15) is 31.8 Å². The van der Waals surface area contributed by atoms with E-state index in [-0.39, 0.29) is 11.8 Å². The van der Waals surface area contributed by atoms with Crippen LogP contribution in [0.15, 0.2) is 97.1 Å². The Morgan fingerprint density at radius 2 is 1.12 bits per heavy atom. The van der Waals surface area contributed by atoms with Crippen molar-refractivity contribution in [2.45, 2.75) is 13.8 Å². The highest BCUT2D eigenvalue weighted by Gasteiger charge is 2.27. The van der Waals surface area contributed by atoms with Crippen LogP contribution in [-0.2, 0) is 0 Å². The number of fused-ring (bicyclic) bond motifs is 2. The number of nitrogens with zero attached hydrogens (tertiary/aromatic N) is 4. The summed E-state index contributed by atoms with van der Waals surface area (Å²) < 4.78 is 0. The first-order valence-electron chi connectivity index (χ1n) is 16.4. The Kier molecular flexibility index (Phi) is 9.32. The largest absolute Gasteiger partial charge is 0.351 e. The molecule has 1 aliphatic rings. The van der Waals surface area contributed by atoms with Crippen LogP contribution < -0.4 is 5.32 Å². The van der Waals surface area contributed by atoms with Crippen LogP contribution in [0.2, 0.25) is 10.0 Å². The summed E-state index contributed by atoms with van der Waals surface area (Å²) in [4.78, 5) is 41.8. The summed E-state index contributed by atoms with van der Waals surface area (Å²) in [6.07, 6.45) is 0. The van der Waals surface area contributed by atoms with Gasteiger partial charge in [0.1, 0.15) is 0 Å². The number of hydrogen-bond donors (Lipinski definition) is 1. The minimum absolute atomic E-state index is 0.01000. The summed E-state index contributed by atoms with van der Waals surface area (Å²) in [6, 6.07) is 30.6. The van der Waals surface area contributed by atoms with Crippen molar-refractivity contribution in [1.29, 1.82) is 0 Å². The van der Waals surface area contributed by atoms with Crippen LogP contribution >= 0.6 is 23.2 Å². The number of pyridine rings is 2. The zero-order chi connectivity index (χ0) is 34.1. The molecule has 0 bridgehead atoms. The van der Waals surface area contributed by atoms with Gasteiger partial charge in [0.15, 0.2) is 0 Å². The molecular formula is C40H35Cl2N5O2. The first kappa shape index (κ1) is 32.7. The molecule has 0 atom stereocenters. The van der Waals surface area contributed by atoms with E-state index in [0.717, 1.165) is 55.4 Å². The first-order chi connectivity index (χ1) is 23.8. The summed E-state index contributed by atoms with van der Waals surface area (Å²) >= 11 is 12.3. The Bertz CT molecular complexity index is 2190. The molecular weight excluding hydrogens is 653 g/mol. The smallest absolute Gasteiger partial charge is 0.254 e. The predicted octanol–water partition coefficient (Wildman–Crippen LogP) is 8.23. The highest BCUT2D eigenvalue weighted by molar-refractivity contribution is 6.31. The van der Waals surface area contributed by atoms with Gasteiger partial charge in [-0.05, 0) is 61.4 Å². The summed E-state index contributed by atoms with van der Waals surface area (Å²) in [5.41, 5.74) is 7.92. The molecule has 0 saturated carbocycles. The summed E-state index contributed by atoms with van der Waals surface area (Å²) in [7, 11) is 0. The van der Waals surface area contributed by atoms with Gasteiger partial charge in [-0.2, -0.15) is 0 Å². The van der Waals surface area contributed by atoms with E-state index in [4.69, 9.17) is 33.2 Å². The molecule has 2 aromatic heterocycles. The number of para-hydroxylation sites is 2. The molecule has 4 aromatic carbocycles. The fourth-order valence-corrected chi connectivity index (χ4v) is 6.96. The second-order valence-electron chi connectivity index (χ2n) is 12.4. The van der Waals surface area contributed by atoms with Gasteiger partial charge in [0.25, 0.3) is 11.8 Å². The van der Waals surface area contributed by atoms with Gasteiger partial charge in [-0.1, -0.05) is 83.9 Å². The normalized spacial score (nSPS) is 13.6. The number of aromatic nitrogens is 2. The molecule has 0 aliphatic carbocycles. The molecule has 1 N–H and O–H groups in total. The quantitative estimate of drug-likeness (QED) is 0.183. The fourth-order valence-electron chi connectivity index (χ4n) is 6.71. The zero-order valence-electron chi connectivity index (χ0n) is 27.3. The Hall–Kier alpha value is -4.82. The first-order valence-corrected chi connectivity index (χ1v) is 17.1. The highest BCUT2D eigenvalue weighted by Crippen LogP contribution is 2.32. The van der Waals surface area contributed by atoms with Gasteiger partial charge < -0.3 is 10.2 Å². The van der Waals surface area contributed by atoms with E-state index in [2.05, 4.69) is 10.2 Å². The number of carbonyl (C=O) groups excluding carboxylic acids is 2. The second kappa shape index (κ2) is 14.0. The minimum atomic E-state index is -0.128. The van der Waals surface area contributed by atoms with E-state index in [1.54, 1.807) is 0 Å². The van der Waals surface area contributed by atoms with Gasteiger partial charge >= 0.3 is 0 Å². The lowest BCUT2D eigenvalue weighted by atomic mass is 9.96. The lowest BCUT2D eigenvalue weighted by Crippen LogP contribution is -2.50. The number of rotatable bonds is 7. The molecule has 1 aliphatic heterocycles. The Balaban J connectivity index is 1.03. The third-order valence-corrected chi connectivity index (χ3v) is 9.82. The highest BCUT2D eigenvalue weighted by atomic mass is 35.5. The number of hydrogen-bond acceptors (Lipinski definition) is 5. The van der Waals surface area contributed by atoms with Crippen molar-refractivity contribution in [1.82, 2.24) is 25.1 Å². The van der Waals surface area contributed by atoms with Crippen molar-refractivity contribution in [2.75, 3.05) is 39.3 Å². The number of piperazine rings is 1. The molecule has 9 heteroatoms. The number of benzene rings is 4. The van der Waals surface area contributed by atoms with Crippen LogP contribution in [0.3, 0.4) is 0 Å². The predicted molar refractivity (Wildman–Crippen MR) is 199 cm³/mol. The molecule has 6 aromatic rings. The van der Waals surface area contributed by atoms with Gasteiger partial charge in [-0.15, -0.1) is 0 Å². The van der Waals surface area contributed by atoms with Gasteiger partial charge in [-0.3, -0.25) is 14.5 Å². The molecule has 3 heterocycles. The molecule has 7 rings (SSSR count). The van der Waals surface area contributed by atoms with E-state index in [1.807, 2.05) is 116 Å². The molecule has 1 saturated heterocycles. The van der Waals surface area contributed by atoms with Crippen LogP contribution in [0.25, 0.3) is 44.3 Å². The lowest BCUT2D eigenvalue weighted by molar-refractivity contribution is 0.0639. The number of amides is 2. The molecule has 1 fully saturated rings. The second-order valence-corrected chi connectivity index (χ2v) is 13.2. The van der Waals surface area contributed by atoms with Crippen molar-refractivity contribution in [2.24, 2.45) is 0 Å². The maximum Gasteiger partial charge on any atom is 0.254 e. The molecule has 0 radical (unpaired) electrons. The Labute approximate surface area is 295 Å². The molecule has 7 nitrogen and oxygen atoms in total. The van der Waals surface area contributed by atoms with Gasteiger partial charge in [0.05, 0.1) is 33.5 Å². The lowest BCUT2D eigenvalue weighted by Gasteiger charge is -2.35. The molecule has 0 unspecified atom stereocenters. The standard InChI is InChI=1S/C40H35Cl2N5O2/c1-25-35(31-7-3-5-9-33(31)44-37(25)27-11-15-29(41)16-12-27)39(48)43-19-20-46-21-23-47(24-22-46)40(49)36-26(2)38(28-13-17-30(42)18-14-28)45-34-10-6-4-8-32(34)36/h3-18H,19-24H2,1-2H3,(H,43,48). The van der Waals surface area contributed by atoms with Crippen LogP contribution in [-0.4, -0.2) is 70.9 Å². The Morgan fingerprint density at radius 1 is 0.653 bits per heavy atom. The van der Waals surface area contributed by atoms with E-state index in [9.17, 15) is 9.59 Å². The van der Waals surface area contributed by atoms with Crippen molar-refractivity contribution in [3.8, 4) is 22.5 Å². The average Bonchev–Trinajstić information content (AvgIpc) is 3.12. The maximum absolute atomic E-state index is 14.1. The number of nitrogens with one attached hydrogen (secondary N) is 1. The molecule has 246 valence electrons. The van der Waals surface area contributed by atoms with Crippen molar-refractivity contribution in [3.05, 3.63) is 129 Å². The maximum atomic E-state index is 14.1. The Morgan fingerprint density at radius 3 is 1.65 bits per heavy atom. The summed E-state index contributed by atoms with van der Waals surface area (Å²) in [5.74, 6) is -0.118. The van der Waals surface area contributed by atoms with Crippen molar-refractivity contribution >= 4 is 56.8 Å². The molecule has 2 amide bonds. The summed E-state index contributed by atoms with van der Waals surface area (Å²) in [5, 5.41) is 6.13. The summed E-state index contributed by atoms with van der Waals surface area (Å²) in [6.45, 7) is 7.70. The third-order valence-electron chi connectivity index (χ3n) is 9.32. The molecule has 49 heavy (non-hydrogen) atoms. The van der Waals surface area contributed by atoms with Gasteiger partial charge in [0.2, 0.25) is 0 Å². The zero-order valence-corrected chi connectivity index (χ0v) is 28.9. The van der Waals surface area contributed by atoms with E-state index in [0.29, 0.717) is 60.4 Å². The van der Waals surface area contributed by atoms with E-state index < -0.39 is 0 Å². The third kappa shape index (κ3) is 6.62. The topological polar surface area (TPSA) is 78.4 Å². The number of carbonyl (C=O) groups is 2. The number of halogens is 2. The van der Waals surface area contributed by atoms with E-state index >= 15 is 0 Å². The van der Waals surface area contributed by atoms with Crippen LogP contribution in [0, 0.1) is 13.8 Å². The SMILES string of the molecule is Cc1c(-c2ccc(Cl)cc2)nc2ccccc2c1C(=O)NCCN1CCN(C(=O)c2c(C)c(-c3ccc(Cl)cc3)nc3ccccc23)CC1. The van der Waals surface area contributed by atoms with E-state index in [1.165, 1.54) is 0 Å². The van der Waals surface area contributed by atoms with Crippen molar-refractivity contribution in [3.63, 3.8) is 0 Å². The average molecular weight is 689 g/mol. The van der Waals surface area contributed by atoms with Gasteiger partial charge in [0, 0.05) is 71.2 Å². The van der Waals surface area contributed by atoms with Crippen molar-refractivity contribution < 1.29 is 9.59 Å². The van der Waals surface area contributed by atoms with Gasteiger partial charge in [-0.25, -0.2) is 9.97 Å². The van der Waals surface area contributed by atoms with Crippen LogP contribution in [0.5, 0.6) is 0 Å². The monoisotopic (exact) mass is 687 g/mol. The molecule has 0 spiro atoms. The fraction of sp³-hybridized carbons (Fsp3) is 0.200. The minimum Gasteiger partial charge on any atom is -0.351 e. The van der Waals surface area contributed by atoms with Crippen LogP contribution in [0.4, 0.5) is 0 Å².